The molecule has 2 saturated carbocycles. The van der Waals surface area contributed by atoms with Crippen LogP contribution in [0.25, 0.3) is 0 Å². The maximum Gasteiger partial charge on any atom is 0.0897 e. The highest BCUT2D eigenvalue weighted by atomic mass is 16.5. The van der Waals surface area contributed by atoms with Crippen LogP contribution >= 0.6 is 0 Å². The summed E-state index contributed by atoms with van der Waals surface area (Å²) in [7, 11) is 0. The van der Waals surface area contributed by atoms with E-state index in [4.69, 9.17) is 4.74 Å². The molecule has 1 heterocycles. The lowest BCUT2D eigenvalue weighted by atomic mass is 9.89. The van der Waals surface area contributed by atoms with Crippen LogP contribution in [0.15, 0.2) is 0 Å². The first-order chi connectivity index (χ1) is 10.2. The molecule has 3 rings (SSSR count). The summed E-state index contributed by atoms with van der Waals surface area (Å²) < 4.78 is 5.88. The van der Waals surface area contributed by atoms with Crippen molar-refractivity contribution >= 4 is 0 Å². The van der Waals surface area contributed by atoms with Gasteiger partial charge in [-0.15, -0.1) is 0 Å². The molecule has 0 aromatic heterocycles. The molecular formula is C17H32N2O2. The van der Waals surface area contributed by atoms with Gasteiger partial charge in [0.1, 0.15) is 0 Å². The van der Waals surface area contributed by atoms with Gasteiger partial charge in [0, 0.05) is 31.7 Å². The van der Waals surface area contributed by atoms with E-state index in [0.717, 1.165) is 12.0 Å². The van der Waals surface area contributed by atoms with Crippen molar-refractivity contribution in [2.75, 3.05) is 26.2 Å². The van der Waals surface area contributed by atoms with E-state index in [0.29, 0.717) is 25.3 Å². The fourth-order valence-corrected chi connectivity index (χ4v) is 3.73. The van der Waals surface area contributed by atoms with Crippen LogP contribution in [-0.4, -0.2) is 60.5 Å². The maximum absolute atomic E-state index is 10.1. The van der Waals surface area contributed by atoms with Gasteiger partial charge in [-0.25, -0.2) is 0 Å². The standard InChI is InChI=1S/C17H32N2O2/c1-13-2-6-17(7-3-13)21-12-16(20)10-18-14-8-9-19(11-14)15-4-5-15/h13-18,20H,2-12H2,1H3. The fraction of sp³-hybridized carbons (Fsp3) is 1.00. The molecule has 2 unspecified atom stereocenters. The Kier molecular flexibility index (Phi) is 5.54. The van der Waals surface area contributed by atoms with E-state index in [9.17, 15) is 5.11 Å². The van der Waals surface area contributed by atoms with Crippen LogP contribution < -0.4 is 5.32 Å². The Labute approximate surface area is 129 Å². The quantitative estimate of drug-likeness (QED) is 0.751. The van der Waals surface area contributed by atoms with Crippen LogP contribution in [0.1, 0.15) is 51.9 Å². The predicted molar refractivity (Wildman–Crippen MR) is 84.4 cm³/mol. The van der Waals surface area contributed by atoms with Crippen molar-refractivity contribution in [2.24, 2.45) is 5.92 Å². The highest BCUT2D eigenvalue weighted by Gasteiger charge is 2.34. The number of aliphatic hydroxyl groups is 1. The monoisotopic (exact) mass is 296 g/mol. The van der Waals surface area contributed by atoms with E-state index in [2.05, 4.69) is 17.1 Å². The molecule has 2 atom stereocenters. The van der Waals surface area contributed by atoms with Crippen molar-refractivity contribution in [3.05, 3.63) is 0 Å². The molecule has 0 spiro atoms. The topological polar surface area (TPSA) is 44.7 Å². The van der Waals surface area contributed by atoms with Gasteiger partial charge < -0.3 is 15.2 Å². The number of hydrogen-bond donors (Lipinski definition) is 2. The number of hydrogen-bond acceptors (Lipinski definition) is 4. The van der Waals surface area contributed by atoms with Crippen LogP contribution in [0.3, 0.4) is 0 Å². The largest absolute Gasteiger partial charge is 0.389 e. The lowest BCUT2D eigenvalue weighted by molar-refractivity contribution is -0.0283. The summed E-state index contributed by atoms with van der Waals surface area (Å²) in [6.07, 6.45) is 8.92. The SMILES string of the molecule is CC1CCC(OCC(O)CNC2CCN(C3CC3)C2)CC1. The summed E-state index contributed by atoms with van der Waals surface area (Å²) in [6, 6.07) is 1.44. The van der Waals surface area contributed by atoms with Crippen LogP contribution in [-0.2, 0) is 4.74 Å². The summed E-state index contributed by atoms with van der Waals surface area (Å²) in [4.78, 5) is 2.60. The molecule has 3 aliphatic rings. The van der Waals surface area contributed by atoms with E-state index in [-0.39, 0.29) is 6.10 Å². The van der Waals surface area contributed by atoms with Gasteiger partial charge in [0.15, 0.2) is 0 Å². The molecule has 0 bridgehead atoms. The second kappa shape index (κ2) is 7.40. The molecule has 0 amide bonds. The van der Waals surface area contributed by atoms with Crippen LogP contribution in [0, 0.1) is 5.92 Å². The van der Waals surface area contributed by atoms with E-state index in [1.54, 1.807) is 0 Å². The number of rotatable bonds is 7. The molecule has 4 nitrogen and oxygen atoms in total. The minimum Gasteiger partial charge on any atom is -0.389 e. The molecule has 2 N–H and O–H groups in total. The van der Waals surface area contributed by atoms with Crippen molar-refractivity contribution in [2.45, 2.75) is 76.2 Å². The van der Waals surface area contributed by atoms with Crippen LogP contribution in [0.4, 0.5) is 0 Å². The summed E-state index contributed by atoms with van der Waals surface area (Å²) in [5, 5.41) is 13.6. The summed E-state index contributed by atoms with van der Waals surface area (Å²) in [5.74, 6) is 0.855. The van der Waals surface area contributed by atoms with Gasteiger partial charge >= 0.3 is 0 Å². The Balaban J connectivity index is 1.25. The van der Waals surface area contributed by atoms with Gasteiger partial charge in [-0.3, -0.25) is 4.90 Å². The summed E-state index contributed by atoms with van der Waals surface area (Å²) in [6.45, 7) is 5.88. The fourth-order valence-electron chi connectivity index (χ4n) is 3.73. The van der Waals surface area contributed by atoms with Gasteiger partial charge in [0.25, 0.3) is 0 Å². The van der Waals surface area contributed by atoms with Crippen molar-refractivity contribution < 1.29 is 9.84 Å². The molecule has 1 aliphatic heterocycles. The Morgan fingerprint density at radius 2 is 1.90 bits per heavy atom. The molecule has 122 valence electrons. The average molecular weight is 296 g/mol. The number of aliphatic hydroxyl groups excluding tert-OH is 1. The number of nitrogens with one attached hydrogen (secondary N) is 1. The third kappa shape index (κ3) is 4.92. The third-order valence-corrected chi connectivity index (χ3v) is 5.41. The Morgan fingerprint density at radius 3 is 2.62 bits per heavy atom. The zero-order chi connectivity index (χ0) is 14.7. The molecule has 0 aromatic carbocycles. The Hall–Kier alpha value is -0.160. The zero-order valence-corrected chi connectivity index (χ0v) is 13.5. The first kappa shape index (κ1) is 15.7. The zero-order valence-electron chi connectivity index (χ0n) is 13.5. The lowest BCUT2D eigenvalue weighted by Gasteiger charge is -2.27. The lowest BCUT2D eigenvalue weighted by Crippen LogP contribution is -2.40. The normalized spacial score (nSPS) is 36.0. The maximum atomic E-state index is 10.1. The van der Waals surface area contributed by atoms with Crippen LogP contribution in [0.2, 0.25) is 0 Å². The number of ether oxygens (including phenoxy) is 1. The van der Waals surface area contributed by atoms with Gasteiger partial charge in [-0.2, -0.15) is 0 Å². The first-order valence-electron chi connectivity index (χ1n) is 8.98. The molecule has 0 aromatic rings. The van der Waals surface area contributed by atoms with Crippen LogP contribution in [0.5, 0.6) is 0 Å². The summed E-state index contributed by atoms with van der Waals surface area (Å²) in [5.41, 5.74) is 0. The van der Waals surface area contributed by atoms with Gasteiger partial charge in [-0.05, 0) is 50.9 Å². The number of nitrogens with zero attached hydrogens (tertiary/aromatic N) is 1. The van der Waals surface area contributed by atoms with E-state index in [1.807, 2.05) is 0 Å². The second-order valence-corrected chi connectivity index (χ2v) is 7.49. The molecule has 0 radical (unpaired) electrons. The minimum absolute atomic E-state index is 0.362. The predicted octanol–water partition coefficient (Wildman–Crippen LogP) is 1.77. The molecule has 21 heavy (non-hydrogen) atoms. The van der Waals surface area contributed by atoms with Crippen molar-refractivity contribution in [3.63, 3.8) is 0 Å². The summed E-state index contributed by atoms with van der Waals surface area (Å²) >= 11 is 0. The van der Waals surface area contributed by atoms with Crippen molar-refractivity contribution in [3.8, 4) is 0 Å². The smallest absolute Gasteiger partial charge is 0.0897 e. The molecular weight excluding hydrogens is 264 g/mol. The Bertz CT molecular complexity index is 314. The molecule has 2 aliphatic carbocycles. The van der Waals surface area contributed by atoms with E-state index in [1.165, 1.54) is 58.0 Å². The van der Waals surface area contributed by atoms with Gasteiger partial charge in [0.2, 0.25) is 0 Å². The average Bonchev–Trinajstić information content (AvgIpc) is 3.23. The highest BCUT2D eigenvalue weighted by molar-refractivity contribution is 4.92. The minimum atomic E-state index is -0.362. The number of likely N-dealkylation sites (tertiary alicyclic amines) is 1. The Morgan fingerprint density at radius 1 is 1.14 bits per heavy atom. The molecule has 4 heteroatoms. The second-order valence-electron chi connectivity index (χ2n) is 7.49. The van der Waals surface area contributed by atoms with E-state index >= 15 is 0 Å². The molecule has 3 fully saturated rings. The molecule has 1 saturated heterocycles. The third-order valence-electron chi connectivity index (χ3n) is 5.41. The van der Waals surface area contributed by atoms with Crippen molar-refractivity contribution in [1.29, 1.82) is 0 Å². The van der Waals surface area contributed by atoms with E-state index < -0.39 is 0 Å². The van der Waals surface area contributed by atoms with Crippen molar-refractivity contribution in [1.82, 2.24) is 10.2 Å². The first-order valence-corrected chi connectivity index (χ1v) is 8.98. The van der Waals surface area contributed by atoms with Gasteiger partial charge in [-0.1, -0.05) is 6.92 Å². The highest BCUT2D eigenvalue weighted by Crippen LogP contribution is 2.29. The van der Waals surface area contributed by atoms with Gasteiger partial charge in [0.05, 0.1) is 18.8 Å².